The van der Waals surface area contributed by atoms with Crippen molar-refractivity contribution in [3.05, 3.63) is 12.3 Å². The predicted molar refractivity (Wildman–Crippen MR) is 69.7 cm³/mol. The summed E-state index contributed by atoms with van der Waals surface area (Å²) in [4.78, 5) is 8.28. The Hall–Kier alpha value is -1.36. The molecule has 18 heavy (non-hydrogen) atoms. The van der Waals surface area contributed by atoms with Crippen molar-refractivity contribution in [2.45, 2.75) is 38.2 Å². The highest BCUT2D eigenvalue weighted by Crippen LogP contribution is 2.32. The van der Waals surface area contributed by atoms with Crippen LogP contribution in [0.1, 0.15) is 32.6 Å². The zero-order valence-electron chi connectivity index (χ0n) is 11.0. The van der Waals surface area contributed by atoms with E-state index >= 15 is 0 Å². The molecule has 1 aliphatic rings. The van der Waals surface area contributed by atoms with Crippen LogP contribution in [0, 0.1) is 5.92 Å². The van der Waals surface area contributed by atoms with Gasteiger partial charge in [-0.2, -0.15) is 4.98 Å². The molecule has 5 nitrogen and oxygen atoms in total. The molecule has 2 rings (SSSR count). The molecule has 0 spiro atoms. The molecular weight excluding hydrogens is 230 g/mol. The Morgan fingerprint density at radius 3 is 3.17 bits per heavy atom. The number of anilines is 1. The van der Waals surface area contributed by atoms with Gasteiger partial charge in [0.15, 0.2) is 0 Å². The van der Waals surface area contributed by atoms with Gasteiger partial charge >= 0.3 is 0 Å². The number of methoxy groups -OCH3 is 1. The summed E-state index contributed by atoms with van der Waals surface area (Å²) in [5, 5.41) is 13.6. The van der Waals surface area contributed by atoms with Crippen LogP contribution >= 0.6 is 0 Å². The Kier molecular flexibility index (Phi) is 4.01. The molecule has 0 radical (unpaired) electrons. The first-order valence-corrected chi connectivity index (χ1v) is 6.45. The van der Waals surface area contributed by atoms with Crippen molar-refractivity contribution in [3.8, 4) is 5.88 Å². The summed E-state index contributed by atoms with van der Waals surface area (Å²) >= 11 is 0. The molecule has 0 amide bonds. The smallest absolute Gasteiger partial charge is 0.226 e. The largest absolute Gasteiger partial charge is 0.481 e. The van der Waals surface area contributed by atoms with Crippen LogP contribution < -0.4 is 10.1 Å². The van der Waals surface area contributed by atoms with Crippen molar-refractivity contribution < 1.29 is 9.84 Å². The van der Waals surface area contributed by atoms with Gasteiger partial charge in [0.25, 0.3) is 0 Å². The SMILES string of the molecule is COc1ccnc(NC[C@@]2(O)CCC[C@@H](C)C2)n1. The van der Waals surface area contributed by atoms with Crippen molar-refractivity contribution in [3.63, 3.8) is 0 Å². The van der Waals surface area contributed by atoms with Gasteiger partial charge in [0, 0.05) is 18.8 Å². The molecule has 0 saturated heterocycles. The average molecular weight is 251 g/mol. The van der Waals surface area contributed by atoms with Crippen LogP contribution in [-0.4, -0.2) is 34.3 Å². The second-order valence-corrected chi connectivity index (χ2v) is 5.20. The number of rotatable bonds is 4. The number of nitrogens with one attached hydrogen (secondary N) is 1. The maximum atomic E-state index is 10.5. The van der Waals surface area contributed by atoms with Gasteiger partial charge < -0.3 is 15.2 Å². The number of hydrogen-bond acceptors (Lipinski definition) is 5. The maximum Gasteiger partial charge on any atom is 0.226 e. The zero-order valence-corrected chi connectivity index (χ0v) is 11.0. The van der Waals surface area contributed by atoms with Gasteiger partial charge in [-0.3, -0.25) is 0 Å². The molecule has 0 unspecified atom stereocenters. The molecule has 2 atom stereocenters. The lowest BCUT2D eigenvalue weighted by atomic mass is 9.79. The summed E-state index contributed by atoms with van der Waals surface area (Å²) in [5.41, 5.74) is -0.635. The lowest BCUT2D eigenvalue weighted by Gasteiger charge is -2.35. The first kappa shape index (κ1) is 13.1. The molecule has 0 aliphatic heterocycles. The summed E-state index contributed by atoms with van der Waals surface area (Å²) in [5.74, 6) is 1.61. The third-order valence-corrected chi connectivity index (χ3v) is 3.48. The van der Waals surface area contributed by atoms with E-state index in [1.54, 1.807) is 19.4 Å². The number of ether oxygens (including phenoxy) is 1. The fourth-order valence-corrected chi connectivity index (χ4v) is 2.58. The Morgan fingerprint density at radius 1 is 1.61 bits per heavy atom. The van der Waals surface area contributed by atoms with Crippen LogP contribution in [-0.2, 0) is 0 Å². The number of aromatic nitrogens is 2. The molecule has 100 valence electrons. The molecular formula is C13H21N3O2. The molecule has 2 N–H and O–H groups in total. The highest BCUT2D eigenvalue weighted by Gasteiger charge is 2.32. The number of aliphatic hydroxyl groups is 1. The first-order valence-electron chi connectivity index (χ1n) is 6.45. The Labute approximate surface area is 108 Å². The van der Waals surface area contributed by atoms with Crippen LogP contribution in [0.4, 0.5) is 5.95 Å². The van der Waals surface area contributed by atoms with Crippen molar-refractivity contribution in [1.29, 1.82) is 0 Å². The van der Waals surface area contributed by atoms with E-state index in [1.165, 1.54) is 6.42 Å². The van der Waals surface area contributed by atoms with Crippen LogP contribution in [0.3, 0.4) is 0 Å². The summed E-state index contributed by atoms with van der Waals surface area (Å²) < 4.78 is 5.04. The van der Waals surface area contributed by atoms with Gasteiger partial charge in [0.2, 0.25) is 11.8 Å². The van der Waals surface area contributed by atoms with E-state index in [4.69, 9.17) is 4.74 Å². The van der Waals surface area contributed by atoms with Crippen LogP contribution in [0.25, 0.3) is 0 Å². The van der Waals surface area contributed by atoms with Gasteiger partial charge in [-0.15, -0.1) is 0 Å². The van der Waals surface area contributed by atoms with E-state index in [9.17, 15) is 5.11 Å². The van der Waals surface area contributed by atoms with Crippen molar-refractivity contribution in [2.75, 3.05) is 19.0 Å². The van der Waals surface area contributed by atoms with Crippen molar-refractivity contribution in [2.24, 2.45) is 5.92 Å². The Morgan fingerprint density at radius 2 is 2.44 bits per heavy atom. The molecule has 0 aromatic carbocycles. The number of hydrogen-bond donors (Lipinski definition) is 2. The van der Waals surface area contributed by atoms with Crippen molar-refractivity contribution in [1.82, 2.24) is 9.97 Å². The second kappa shape index (κ2) is 5.52. The molecule has 1 saturated carbocycles. The van der Waals surface area contributed by atoms with Gasteiger partial charge in [-0.1, -0.05) is 19.8 Å². The lowest BCUT2D eigenvalue weighted by molar-refractivity contribution is -0.000906. The van der Waals surface area contributed by atoms with E-state index in [0.29, 0.717) is 24.3 Å². The molecule has 5 heteroatoms. The van der Waals surface area contributed by atoms with E-state index < -0.39 is 5.60 Å². The normalized spacial score (nSPS) is 27.8. The molecule has 0 bridgehead atoms. The third-order valence-electron chi connectivity index (χ3n) is 3.48. The third kappa shape index (κ3) is 3.32. The minimum absolute atomic E-state index is 0.491. The quantitative estimate of drug-likeness (QED) is 0.854. The standard InChI is InChI=1S/C13H21N3O2/c1-10-4-3-6-13(17,8-10)9-15-12-14-7-5-11(16-12)18-2/h5,7,10,17H,3-4,6,8-9H2,1-2H3,(H,14,15,16)/t10-,13-/m1/s1. The van der Waals surface area contributed by atoms with Gasteiger partial charge in [0.05, 0.1) is 12.7 Å². The average Bonchev–Trinajstić information content (AvgIpc) is 2.37. The topological polar surface area (TPSA) is 67.3 Å². The fraction of sp³-hybridized carbons (Fsp3) is 0.692. The highest BCUT2D eigenvalue weighted by atomic mass is 16.5. The van der Waals surface area contributed by atoms with Crippen molar-refractivity contribution >= 4 is 5.95 Å². The monoisotopic (exact) mass is 251 g/mol. The van der Waals surface area contributed by atoms with Crippen LogP contribution in [0.2, 0.25) is 0 Å². The van der Waals surface area contributed by atoms with Gasteiger partial charge in [0.1, 0.15) is 0 Å². The Balaban J connectivity index is 1.93. The van der Waals surface area contributed by atoms with Crippen LogP contribution in [0.15, 0.2) is 12.3 Å². The van der Waals surface area contributed by atoms with E-state index in [-0.39, 0.29) is 0 Å². The summed E-state index contributed by atoms with van der Waals surface area (Å²) in [7, 11) is 1.57. The minimum atomic E-state index is -0.635. The van der Waals surface area contributed by atoms with E-state index in [2.05, 4.69) is 22.2 Å². The molecule has 1 aliphatic carbocycles. The molecule has 1 aromatic heterocycles. The Bertz CT molecular complexity index is 400. The maximum absolute atomic E-state index is 10.5. The molecule has 1 heterocycles. The summed E-state index contributed by atoms with van der Waals surface area (Å²) in [6, 6.07) is 1.70. The first-order chi connectivity index (χ1) is 8.61. The lowest BCUT2D eigenvalue weighted by Crippen LogP contribution is -2.41. The minimum Gasteiger partial charge on any atom is -0.481 e. The second-order valence-electron chi connectivity index (χ2n) is 5.20. The predicted octanol–water partition coefficient (Wildman–Crippen LogP) is 1.84. The van der Waals surface area contributed by atoms with Crippen LogP contribution in [0.5, 0.6) is 5.88 Å². The van der Waals surface area contributed by atoms with Gasteiger partial charge in [-0.05, 0) is 18.8 Å². The molecule has 1 aromatic rings. The van der Waals surface area contributed by atoms with E-state index in [0.717, 1.165) is 19.3 Å². The van der Waals surface area contributed by atoms with E-state index in [1.807, 2.05) is 0 Å². The zero-order chi connectivity index (χ0) is 13.0. The van der Waals surface area contributed by atoms with Gasteiger partial charge in [-0.25, -0.2) is 4.98 Å². The number of nitrogens with zero attached hydrogens (tertiary/aromatic N) is 2. The summed E-state index contributed by atoms with van der Waals surface area (Å²) in [6.07, 6.45) is 5.61. The molecule has 1 fully saturated rings. The summed E-state index contributed by atoms with van der Waals surface area (Å²) in [6.45, 7) is 2.68. The fourth-order valence-electron chi connectivity index (χ4n) is 2.58. The highest BCUT2D eigenvalue weighted by molar-refractivity contribution is 5.28.